The minimum atomic E-state index is -0.625. The second-order valence-corrected chi connectivity index (χ2v) is 12.7. The first-order chi connectivity index (χ1) is 20.9. The first-order valence-corrected chi connectivity index (χ1v) is 14.9. The van der Waals surface area contributed by atoms with E-state index < -0.39 is 17.6 Å². The molecule has 226 valence electrons. The number of aromatic nitrogens is 3. The van der Waals surface area contributed by atoms with Gasteiger partial charge in [0.1, 0.15) is 34.3 Å². The molecule has 44 heavy (non-hydrogen) atoms. The van der Waals surface area contributed by atoms with E-state index in [4.69, 9.17) is 19.2 Å². The first kappa shape index (κ1) is 30.6. The maximum atomic E-state index is 12.4. The third kappa shape index (κ3) is 6.12. The second-order valence-electron chi connectivity index (χ2n) is 11.5. The molecule has 0 bridgehead atoms. The van der Waals surface area contributed by atoms with Crippen LogP contribution in [0.5, 0.6) is 5.75 Å². The number of aryl methyl sites for hydroxylation is 2. The van der Waals surface area contributed by atoms with Crippen molar-refractivity contribution in [1.82, 2.24) is 14.8 Å². The predicted octanol–water partition coefficient (Wildman–Crippen LogP) is 5.97. The maximum absolute atomic E-state index is 12.4. The van der Waals surface area contributed by atoms with Crippen molar-refractivity contribution < 1.29 is 23.8 Å². The summed E-state index contributed by atoms with van der Waals surface area (Å²) in [6.45, 7) is 11.1. The molecule has 0 saturated heterocycles. The average molecular weight is 612 g/mol. The van der Waals surface area contributed by atoms with Gasteiger partial charge in [0.25, 0.3) is 0 Å². The molecule has 0 amide bonds. The molecule has 0 radical (unpaired) electrons. The van der Waals surface area contributed by atoms with Crippen molar-refractivity contribution in [3.63, 3.8) is 0 Å². The van der Waals surface area contributed by atoms with E-state index >= 15 is 0 Å². The van der Waals surface area contributed by atoms with Gasteiger partial charge in [-0.2, -0.15) is 5.26 Å². The van der Waals surface area contributed by atoms with E-state index in [1.807, 2.05) is 41.8 Å². The number of methoxy groups -OCH3 is 1. The molecule has 2 aromatic heterocycles. The van der Waals surface area contributed by atoms with Crippen LogP contribution < -0.4 is 4.74 Å². The smallest absolute Gasteiger partial charge is 0.344 e. The average Bonchev–Trinajstić information content (AvgIpc) is 3.46. The molecule has 0 N–H and O–H groups in total. The van der Waals surface area contributed by atoms with E-state index in [-0.39, 0.29) is 19.0 Å². The number of rotatable bonds is 7. The van der Waals surface area contributed by atoms with Gasteiger partial charge < -0.3 is 14.2 Å². The zero-order chi connectivity index (χ0) is 31.8. The number of hydrogen-bond donors (Lipinski definition) is 0. The quantitative estimate of drug-likeness (QED) is 0.234. The molecule has 0 unspecified atom stereocenters. The molecule has 0 aliphatic carbocycles. The van der Waals surface area contributed by atoms with Crippen molar-refractivity contribution in [3.8, 4) is 27.9 Å². The van der Waals surface area contributed by atoms with Crippen LogP contribution in [0.1, 0.15) is 72.0 Å². The summed E-state index contributed by atoms with van der Waals surface area (Å²) >= 11 is 1.64. The molecule has 1 aliphatic rings. The summed E-state index contributed by atoms with van der Waals surface area (Å²) in [4.78, 5) is 30.7. The van der Waals surface area contributed by atoms with Crippen LogP contribution >= 0.6 is 11.3 Å². The molecule has 5 rings (SSSR count). The standard InChI is InChI=1S/C33H33N5O5S/c1-18-19(2)44-32-29(18)30(35-25(15-27(39)41-7)31-37-36-20(3)38(31)32)22-10-8-21(9-11-22)23-12-13-26(24(14-23)16-34)42-17-28(40)43-33(4,5)6/h8-14,25H,15,17H2,1-7H3/t25-/m0/s1. The van der Waals surface area contributed by atoms with Gasteiger partial charge in [-0.15, -0.1) is 21.5 Å². The van der Waals surface area contributed by atoms with Gasteiger partial charge >= 0.3 is 11.9 Å². The molecule has 0 saturated carbocycles. The van der Waals surface area contributed by atoms with Crippen LogP contribution in [0.4, 0.5) is 0 Å². The lowest BCUT2D eigenvalue weighted by Gasteiger charge is -2.19. The van der Waals surface area contributed by atoms with Crippen LogP contribution in [0.15, 0.2) is 47.5 Å². The highest BCUT2D eigenvalue weighted by atomic mass is 32.1. The molecule has 4 aromatic rings. The maximum Gasteiger partial charge on any atom is 0.344 e. The summed E-state index contributed by atoms with van der Waals surface area (Å²) in [6.07, 6.45) is 0.0302. The lowest BCUT2D eigenvalue weighted by Crippen LogP contribution is -2.27. The van der Waals surface area contributed by atoms with Crippen molar-refractivity contribution in [2.45, 2.75) is 59.6 Å². The third-order valence-corrected chi connectivity index (χ3v) is 8.38. The van der Waals surface area contributed by atoms with Gasteiger partial charge in [-0.1, -0.05) is 30.3 Å². The SMILES string of the molecule is COC(=O)C[C@@H]1N=C(c2ccc(-c3ccc(OCC(=O)OC(C)(C)C)c(C#N)c3)cc2)c2c(sc(C)c2C)-n2c(C)nnc21. The van der Waals surface area contributed by atoms with Crippen LogP contribution in [0.2, 0.25) is 0 Å². The topological polar surface area (TPSA) is 129 Å². The highest BCUT2D eigenvalue weighted by Crippen LogP contribution is 2.40. The van der Waals surface area contributed by atoms with Crippen LogP contribution in [0, 0.1) is 32.1 Å². The zero-order valence-corrected chi connectivity index (χ0v) is 26.5. The molecule has 0 spiro atoms. The number of benzene rings is 2. The Morgan fingerprint density at radius 2 is 1.68 bits per heavy atom. The van der Waals surface area contributed by atoms with E-state index in [0.717, 1.165) is 49.2 Å². The molecule has 3 heterocycles. The number of thiophene rings is 1. The largest absolute Gasteiger partial charge is 0.481 e. The van der Waals surface area contributed by atoms with Gasteiger partial charge in [0.2, 0.25) is 0 Å². The Balaban J connectivity index is 1.49. The monoisotopic (exact) mass is 611 g/mol. The Bertz CT molecular complexity index is 1820. The third-order valence-electron chi connectivity index (χ3n) is 7.18. The van der Waals surface area contributed by atoms with Crippen molar-refractivity contribution >= 4 is 29.0 Å². The molecule has 0 fully saturated rings. The Labute approximate surface area is 259 Å². The number of carbonyl (C=O) groups is 2. The number of fused-ring (bicyclic) bond motifs is 3. The van der Waals surface area contributed by atoms with Crippen LogP contribution in [0.25, 0.3) is 16.1 Å². The minimum absolute atomic E-state index is 0.0302. The van der Waals surface area contributed by atoms with E-state index in [1.165, 1.54) is 7.11 Å². The normalized spacial score (nSPS) is 14.0. The summed E-state index contributed by atoms with van der Waals surface area (Å²) in [7, 11) is 1.36. The van der Waals surface area contributed by atoms with Crippen molar-refractivity contribution in [3.05, 3.63) is 81.2 Å². The Morgan fingerprint density at radius 1 is 1.00 bits per heavy atom. The molecule has 2 aromatic carbocycles. The van der Waals surface area contributed by atoms with Crippen molar-refractivity contribution in [2.75, 3.05) is 13.7 Å². The number of nitrogens with zero attached hydrogens (tertiary/aromatic N) is 5. The number of carbonyl (C=O) groups excluding carboxylic acids is 2. The van der Waals surface area contributed by atoms with Gasteiger partial charge in [0.15, 0.2) is 12.4 Å². The van der Waals surface area contributed by atoms with E-state index in [0.29, 0.717) is 17.1 Å². The van der Waals surface area contributed by atoms with Gasteiger partial charge in [-0.3, -0.25) is 14.4 Å². The number of ether oxygens (including phenoxy) is 3. The van der Waals surface area contributed by atoms with Crippen LogP contribution in [-0.2, 0) is 19.1 Å². The van der Waals surface area contributed by atoms with Gasteiger partial charge in [-0.25, -0.2) is 4.79 Å². The fourth-order valence-corrected chi connectivity index (χ4v) is 6.23. The summed E-state index contributed by atoms with van der Waals surface area (Å²) in [5.74, 6) is 0.730. The first-order valence-electron chi connectivity index (χ1n) is 14.1. The molecular weight excluding hydrogens is 578 g/mol. The summed E-state index contributed by atoms with van der Waals surface area (Å²) in [5, 5.41) is 19.5. The number of nitriles is 1. The van der Waals surface area contributed by atoms with Gasteiger partial charge in [-0.05, 0) is 70.4 Å². The van der Waals surface area contributed by atoms with E-state index in [1.54, 1.807) is 44.2 Å². The predicted molar refractivity (Wildman–Crippen MR) is 166 cm³/mol. The molecule has 1 aliphatic heterocycles. The lowest BCUT2D eigenvalue weighted by atomic mass is 9.96. The zero-order valence-electron chi connectivity index (χ0n) is 25.7. The Kier molecular flexibility index (Phi) is 8.39. The molecular formula is C33H33N5O5S. The highest BCUT2D eigenvalue weighted by Gasteiger charge is 2.32. The summed E-state index contributed by atoms with van der Waals surface area (Å²) in [5.41, 5.74) is 5.10. The molecule has 11 heteroatoms. The van der Waals surface area contributed by atoms with Crippen LogP contribution in [-0.4, -0.2) is 51.7 Å². The number of aliphatic imine (C=N–C) groups is 1. The Morgan fingerprint density at radius 3 is 2.34 bits per heavy atom. The fourth-order valence-electron chi connectivity index (χ4n) is 5.02. The number of hydrogen-bond acceptors (Lipinski definition) is 10. The minimum Gasteiger partial charge on any atom is -0.481 e. The van der Waals surface area contributed by atoms with E-state index in [9.17, 15) is 14.9 Å². The molecule has 1 atom stereocenters. The second kappa shape index (κ2) is 12.1. The lowest BCUT2D eigenvalue weighted by molar-refractivity contribution is -0.157. The highest BCUT2D eigenvalue weighted by molar-refractivity contribution is 7.15. The number of esters is 2. The van der Waals surface area contributed by atoms with Crippen molar-refractivity contribution in [1.29, 1.82) is 5.26 Å². The fraction of sp³-hybridized carbons (Fsp3) is 0.333. The molecule has 10 nitrogen and oxygen atoms in total. The summed E-state index contributed by atoms with van der Waals surface area (Å²) in [6, 6.07) is 14.7. The summed E-state index contributed by atoms with van der Waals surface area (Å²) < 4.78 is 17.9. The van der Waals surface area contributed by atoms with E-state index in [2.05, 4.69) is 30.1 Å². The van der Waals surface area contributed by atoms with Gasteiger partial charge in [0.05, 0.1) is 24.8 Å². The van der Waals surface area contributed by atoms with Crippen LogP contribution in [0.3, 0.4) is 0 Å². The Hall–Kier alpha value is -4.82. The van der Waals surface area contributed by atoms with Crippen molar-refractivity contribution in [2.24, 2.45) is 4.99 Å². The van der Waals surface area contributed by atoms with Gasteiger partial charge in [0, 0.05) is 16.0 Å².